The van der Waals surface area contributed by atoms with Crippen LogP contribution >= 0.6 is 11.3 Å². The molecule has 0 aliphatic rings. The molecule has 0 spiro atoms. The number of imidazole rings is 1. The number of nitrogens with zero attached hydrogens (tertiary/aromatic N) is 3. The van der Waals surface area contributed by atoms with E-state index in [1.807, 2.05) is 16.0 Å². The summed E-state index contributed by atoms with van der Waals surface area (Å²) in [5, 5.41) is 8.42. The summed E-state index contributed by atoms with van der Waals surface area (Å²) in [5.41, 5.74) is 4.79. The molecule has 6 nitrogen and oxygen atoms in total. The highest BCUT2D eigenvalue weighted by Crippen LogP contribution is 2.24. The number of thiazole rings is 1. The Morgan fingerprint density at radius 1 is 1.28 bits per heavy atom. The topological polar surface area (TPSA) is 72.4 Å². The van der Waals surface area contributed by atoms with E-state index >= 15 is 0 Å². The Bertz CT molecular complexity index is 1040. The van der Waals surface area contributed by atoms with Gasteiger partial charge in [-0.05, 0) is 13.8 Å². The molecule has 0 aliphatic carbocycles. The monoisotopic (exact) mass is 352 g/mol. The van der Waals surface area contributed by atoms with Gasteiger partial charge in [0.1, 0.15) is 0 Å². The minimum atomic E-state index is -0.151. The molecule has 25 heavy (non-hydrogen) atoms. The van der Waals surface area contributed by atoms with Gasteiger partial charge >= 0.3 is 0 Å². The Labute approximate surface area is 148 Å². The van der Waals surface area contributed by atoms with Crippen molar-refractivity contribution in [3.8, 4) is 11.3 Å². The molecule has 1 amide bonds. The van der Waals surface area contributed by atoms with Gasteiger partial charge in [0.2, 0.25) is 11.8 Å². The summed E-state index contributed by atoms with van der Waals surface area (Å²) >= 11 is 1.52. The Hall–Kier alpha value is -2.93. The van der Waals surface area contributed by atoms with E-state index in [9.17, 15) is 4.79 Å². The fraction of sp³-hybridized carbons (Fsp3) is 0.167. The van der Waals surface area contributed by atoms with Gasteiger partial charge in [-0.2, -0.15) is 0 Å². The highest BCUT2D eigenvalue weighted by atomic mass is 32.1. The van der Waals surface area contributed by atoms with E-state index in [2.05, 4.69) is 46.6 Å². The molecule has 4 aromatic rings. The number of hydrogen-bond acceptors (Lipinski definition) is 5. The summed E-state index contributed by atoms with van der Waals surface area (Å²) in [6.45, 7) is 3.86. The number of amides is 1. The van der Waals surface area contributed by atoms with E-state index in [4.69, 9.17) is 4.52 Å². The minimum absolute atomic E-state index is 0.151. The van der Waals surface area contributed by atoms with Crippen molar-refractivity contribution in [2.45, 2.75) is 20.3 Å². The van der Waals surface area contributed by atoms with Crippen LogP contribution in [0.15, 0.2) is 46.4 Å². The quantitative estimate of drug-likeness (QED) is 0.605. The van der Waals surface area contributed by atoms with Gasteiger partial charge in [-0.1, -0.05) is 35.0 Å². The van der Waals surface area contributed by atoms with Crippen LogP contribution in [0, 0.1) is 13.8 Å². The van der Waals surface area contributed by atoms with Crippen molar-refractivity contribution in [1.82, 2.24) is 14.5 Å². The summed E-state index contributed by atoms with van der Waals surface area (Å²) < 4.78 is 6.98. The number of anilines is 1. The Morgan fingerprint density at radius 2 is 2.08 bits per heavy atom. The predicted octanol–water partition coefficient (Wildman–Crippen LogP) is 3.85. The SMILES string of the molecule is Cc1ccc(-c2cn3c(CC(=O)Nc4cc(C)no4)csc3n2)cc1. The van der Waals surface area contributed by atoms with Crippen molar-refractivity contribution >= 4 is 28.1 Å². The van der Waals surface area contributed by atoms with Gasteiger partial charge in [-0.15, -0.1) is 11.3 Å². The van der Waals surface area contributed by atoms with Crippen LogP contribution < -0.4 is 5.32 Å². The molecule has 126 valence electrons. The average Bonchev–Trinajstić information content (AvgIpc) is 3.26. The molecule has 4 rings (SSSR count). The first-order chi connectivity index (χ1) is 12.1. The van der Waals surface area contributed by atoms with Gasteiger partial charge in [-0.25, -0.2) is 4.98 Å². The zero-order valence-electron chi connectivity index (χ0n) is 13.8. The first kappa shape index (κ1) is 15.6. The van der Waals surface area contributed by atoms with Crippen molar-refractivity contribution in [2.24, 2.45) is 0 Å². The molecule has 1 aromatic carbocycles. The maximum atomic E-state index is 12.2. The Kier molecular flexibility index (Phi) is 3.85. The molecule has 0 aliphatic heterocycles. The molecule has 0 bridgehead atoms. The zero-order chi connectivity index (χ0) is 17.4. The van der Waals surface area contributed by atoms with Crippen LogP contribution in [-0.4, -0.2) is 20.4 Å². The number of fused-ring (bicyclic) bond motifs is 1. The third kappa shape index (κ3) is 3.18. The standard InChI is InChI=1S/C18H16N4O2S/c1-11-3-5-13(6-4-11)15-9-22-14(10-25-18(22)19-15)8-16(23)20-17-7-12(2)21-24-17/h3-7,9-10H,8H2,1-2H3,(H,20,23). The molecule has 3 heterocycles. The van der Waals surface area contributed by atoms with Crippen molar-refractivity contribution in [1.29, 1.82) is 0 Å². The van der Waals surface area contributed by atoms with Gasteiger partial charge in [0, 0.05) is 28.9 Å². The van der Waals surface area contributed by atoms with Crippen molar-refractivity contribution in [3.05, 3.63) is 58.9 Å². The summed E-state index contributed by atoms with van der Waals surface area (Å²) in [5.74, 6) is 0.210. The average molecular weight is 352 g/mol. The molecular weight excluding hydrogens is 336 g/mol. The van der Waals surface area contributed by atoms with Crippen LogP contribution in [0.5, 0.6) is 0 Å². The Morgan fingerprint density at radius 3 is 2.80 bits per heavy atom. The van der Waals surface area contributed by atoms with E-state index in [0.29, 0.717) is 5.88 Å². The third-order valence-electron chi connectivity index (χ3n) is 3.86. The number of carbonyl (C=O) groups excluding carboxylic acids is 1. The summed E-state index contributed by atoms with van der Waals surface area (Å²) in [7, 11) is 0. The summed E-state index contributed by atoms with van der Waals surface area (Å²) in [4.78, 5) is 17.7. The van der Waals surface area contributed by atoms with Gasteiger partial charge in [0.15, 0.2) is 4.96 Å². The second-order valence-electron chi connectivity index (χ2n) is 5.93. The first-order valence-corrected chi connectivity index (χ1v) is 8.72. The second-order valence-corrected chi connectivity index (χ2v) is 6.77. The van der Waals surface area contributed by atoms with Crippen molar-refractivity contribution in [3.63, 3.8) is 0 Å². The first-order valence-electron chi connectivity index (χ1n) is 7.84. The van der Waals surface area contributed by atoms with E-state index < -0.39 is 0 Å². The number of aromatic nitrogens is 3. The van der Waals surface area contributed by atoms with Crippen molar-refractivity contribution < 1.29 is 9.32 Å². The Balaban J connectivity index is 1.56. The molecule has 0 saturated heterocycles. The maximum Gasteiger partial charge on any atom is 0.232 e. The van der Waals surface area contributed by atoms with E-state index in [1.165, 1.54) is 16.9 Å². The lowest BCUT2D eigenvalue weighted by Gasteiger charge is -2.00. The fourth-order valence-electron chi connectivity index (χ4n) is 2.59. The molecule has 7 heteroatoms. The van der Waals surface area contributed by atoms with Crippen LogP contribution in [-0.2, 0) is 11.2 Å². The maximum absolute atomic E-state index is 12.2. The summed E-state index contributed by atoms with van der Waals surface area (Å²) in [6, 6.07) is 9.93. The van der Waals surface area contributed by atoms with Gasteiger partial charge in [0.05, 0.1) is 17.8 Å². The largest absolute Gasteiger partial charge is 0.338 e. The lowest BCUT2D eigenvalue weighted by atomic mass is 10.1. The lowest BCUT2D eigenvalue weighted by molar-refractivity contribution is -0.115. The number of carbonyl (C=O) groups is 1. The van der Waals surface area contributed by atoms with E-state index in [-0.39, 0.29) is 12.3 Å². The predicted molar refractivity (Wildman–Crippen MR) is 96.8 cm³/mol. The third-order valence-corrected chi connectivity index (χ3v) is 4.75. The minimum Gasteiger partial charge on any atom is -0.338 e. The molecular formula is C18H16N4O2S. The van der Waals surface area contributed by atoms with Crippen LogP contribution in [0.3, 0.4) is 0 Å². The van der Waals surface area contributed by atoms with Gasteiger partial charge in [-0.3, -0.25) is 14.5 Å². The zero-order valence-corrected chi connectivity index (χ0v) is 14.6. The molecule has 1 N–H and O–H groups in total. The van der Waals surface area contributed by atoms with Crippen LogP contribution in [0.25, 0.3) is 16.2 Å². The van der Waals surface area contributed by atoms with E-state index in [1.54, 1.807) is 13.0 Å². The number of nitrogens with one attached hydrogen (secondary N) is 1. The molecule has 0 radical (unpaired) electrons. The number of rotatable bonds is 4. The molecule has 3 aromatic heterocycles. The highest BCUT2D eigenvalue weighted by molar-refractivity contribution is 7.15. The fourth-order valence-corrected chi connectivity index (χ4v) is 3.46. The number of aryl methyl sites for hydroxylation is 2. The smallest absolute Gasteiger partial charge is 0.232 e. The van der Waals surface area contributed by atoms with Gasteiger partial charge < -0.3 is 4.52 Å². The second kappa shape index (κ2) is 6.18. The van der Waals surface area contributed by atoms with Crippen LogP contribution in [0.1, 0.15) is 17.0 Å². The van der Waals surface area contributed by atoms with Gasteiger partial charge in [0.25, 0.3) is 0 Å². The van der Waals surface area contributed by atoms with Crippen LogP contribution in [0.2, 0.25) is 0 Å². The normalized spacial score (nSPS) is 11.1. The molecule has 0 saturated carbocycles. The lowest BCUT2D eigenvalue weighted by Crippen LogP contribution is -2.14. The number of benzene rings is 1. The molecule has 0 fully saturated rings. The highest BCUT2D eigenvalue weighted by Gasteiger charge is 2.14. The number of hydrogen-bond donors (Lipinski definition) is 1. The van der Waals surface area contributed by atoms with E-state index in [0.717, 1.165) is 27.6 Å². The molecule has 0 unspecified atom stereocenters. The summed E-state index contributed by atoms with van der Waals surface area (Å²) in [6.07, 6.45) is 2.21. The molecule has 0 atom stereocenters. The van der Waals surface area contributed by atoms with Crippen LogP contribution in [0.4, 0.5) is 5.88 Å². The van der Waals surface area contributed by atoms with Crippen molar-refractivity contribution in [2.75, 3.05) is 5.32 Å².